The van der Waals surface area contributed by atoms with E-state index in [4.69, 9.17) is 5.11 Å². The van der Waals surface area contributed by atoms with E-state index in [2.05, 4.69) is 42.7 Å². The number of hydrogen-bond acceptors (Lipinski definition) is 4. The quantitative estimate of drug-likeness (QED) is 0.461. The van der Waals surface area contributed by atoms with Crippen LogP contribution in [0.4, 0.5) is 0 Å². The highest BCUT2D eigenvalue weighted by molar-refractivity contribution is 5.97. The summed E-state index contributed by atoms with van der Waals surface area (Å²) in [5.74, 6) is -1.54. The first-order valence-electron chi connectivity index (χ1n) is 11.5. The zero-order valence-corrected chi connectivity index (χ0v) is 18.9. The summed E-state index contributed by atoms with van der Waals surface area (Å²) in [7, 11) is 0. The van der Waals surface area contributed by atoms with Gasteiger partial charge in [0.15, 0.2) is 0 Å². The summed E-state index contributed by atoms with van der Waals surface area (Å²) in [5, 5.41) is 14.6. The molecule has 2 rings (SSSR count). The van der Waals surface area contributed by atoms with Gasteiger partial charge in [0.2, 0.25) is 11.8 Å². The second kappa shape index (κ2) is 13.0. The SMILES string of the molecule is CC\C=C1/NCCC/C1=C/C=C(\C)CCC1CCCN1C(=O)CC(=O)NCCC(=O)O. The third-order valence-corrected chi connectivity index (χ3v) is 5.80. The van der Waals surface area contributed by atoms with Gasteiger partial charge in [0.1, 0.15) is 6.42 Å². The lowest BCUT2D eigenvalue weighted by molar-refractivity contribution is -0.137. The van der Waals surface area contributed by atoms with Gasteiger partial charge in [0, 0.05) is 31.4 Å². The summed E-state index contributed by atoms with van der Waals surface area (Å²) in [4.78, 5) is 36.8. The molecular weight excluding hydrogens is 394 g/mol. The number of hydrogen-bond donors (Lipinski definition) is 3. The van der Waals surface area contributed by atoms with Gasteiger partial charge in [-0.25, -0.2) is 0 Å². The summed E-state index contributed by atoms with van der Waals surface area (Å²) in [6.07, 6.45) is 13.3. The lowest BCUT2D eigenvalue weighted by atomic mass is 9.99. The van der Waals surface area contributed by atoms with Crippen molar-refractivity contribution in [2.75, 3.05) is 19.6 Å². The van der Waals surface area contributed by atoms with Gasteiger partial charge in [-0.3, -0.25) is 14.4 Å². The van der Waals surface area contributed by atoms with Crippen LogP contribution in [0.15, 0.2) is 35.1 Å². The molecule has 31 heavy (non-hydrogen) atoms. The van der Waals surface area contributed by atoms with Crippen LogP contribution in [0.2, 0.25) is 0 Å². The number of nitrogens with zero attached hydrogens (tertiary/aromatic N) is 1. The van der Waals surface area contributed by atoms with E-state index < -0.39 is 11.9 Å². The zero-order chi connectivity index (χ0) is 22.6. The van der Waals surface area contributed by atoms with Crippen LogP contribution in [0, 0.1) is 0 Å². The Kier molecular flexibility index (Phi) is 10.3. The molecule has 7 heteroatoms. The molecule has 1 unspecified atom stereocenters. The minimum Gasteiger partial charge on any atom is -0.481 e. The number of carboxylic acids is 1. The number of carbonyl (C=O) groups excluding carboxylic acids is 2. The largest absolute Gasteiger partial charge is 0.481 e. The Morgan fingerprint density at radius 1 is 1.26 bits per heavy atom. The van der Waals surface area contributed by atoms with Crippen molar-refractivity contribution in [1.82, 2.24) is 15.5 Å². The lowest BCUT2D eigenvalue weighted by Crippen LogP contribution is -2.39. The van der Waals surface area contributed by atoms with Crippen molar-refractivity contribution in [2.24, 2.45) is 0 Å². The molecule has 0 aromatic heterocycles. The van der Waals surface area contributed by atoms with Gasteiger partial charge in [-0.1, -0.05) is 30.7 Å². The predicted octanol–water partition coefficient (Wildman–Crippen LogP) is 3.29. The Labute approximate surface area is 185 Å². The van der Waals surface area contributed by atoms with E-state index in [1.54, 1.807) is 0 Å². The Hall–Kier alpha value is -2.57. The first-order valence-corrected chi connectivity index (χ1v) is 11.5. The fraction of sp³-hybridized carbons (Fsp3) is 0.625. The molecule has 0 radical (unpaired) electrons. The average molecular weight is 432 g/mol. The van der Waals surface area contributed by atoms with Gasteiger partial charge in [-0.15, -0.1) is 0 Å². The first-order chi connectivity index (χ1) is 14.9. The molecule has 2 fully saturated rings. The third kappa shape index (κ3) is 8.59. The molecule has 0 aliphatic carbocycles. The van der Waals surface area contributed by atoms with Gasteiger partial charge >= 0.3 is 5.97 Å². The van der Waals surface area contributed by atoms with Crippen molar-refractivity contribution in [1.29, 1.82) is 0 Å². The van der Waals surface area contributed by atoms with E-state index in [0.29, 0.717) is 6.54 Å². The van der Waals surface area contributed by atoms with Gasteiger partial charge in [0.05, 0.1) is 6.42 Å². The summed E-state index contributed by atoms with van der Waals surface area (Å²) in [6.45, 7) is 6.06. The van der Waals surface area contributed by atoms with Crippen molar-refractivity contribution in [3.05, 3.63) is 35.1 Å². The second-order valence-electron chi connectivity index (χ2n) is 8.35. The van der Waals surface area contributed by atoms with E-state index in [1.165, 1.54) is 16.8 Å². The number of aliphatic carboxylic acids is 1. The number of allylic oxidation sites excluding steroid dienone is 5. The molecule has 2 saturated heterocycles. The monoisotopic (exact) mass is 431 g/mol. The molecular formula is C24H37N3O4. The highest BCUT2D eigenvalue weighted by atomic mass is 16.4. The minimum atomic E-state index is -0.970. The maximum absolute atomic E-state index is 12.5. The number of piperidine rings is 1. The Bertz CT molecular complexity index is 739. The van der Waals surface area contributed by atoms with Crippen LogP contribution in [0.1, 0.15) is 71.6 Å². The van der Waals surface area contributed by atoms with Crippen molar-refractivity contribution in [3.63, 3.8) is 0 Å². The lowest BCUT2D eigenvalue weighted by Gasteiger charge is -2.25. The summed E-state index contributed by atoms with van der Waals surface area (Å²) in [6, 6.07) is 0.169. The number of nitrogens with one attached hydrogen (secondary N) is 2. The Morgan fingerprint density at radius 2 is 2.06 bits per heavy atom. The van der Waals surface area contributed by atoms with Crippen LogP contribution in [0.5, 0.6) is 0 Å². The topological polar surface area (TPSA) is 98.7 Å². The van der Waals surface area contributed by atoms with Gasteiger partial charge in [-0.05, 0) is 57.4 Å². The summed E-state index contributed by atoms with van der Waals surface area (Å²) in [5.41, 5.74) is 3.91. The fourth-order valence-electron chi connectivity index (χ4n) is 4.13. The molecule has 7 nitrogen and oxygen atoms in total. The van der Waals surface area contributed by atoms with Gasteiger partial charge in [-0.2, -0.15) is 0 Å². The van der Waals surface area contributed by atoms with E-state index in [-0.39, 0.29) is 31.3 Å². The number of likely N-dealkylation sites (tertiary alicyclic amines) is 1. The molecule has 0 aromatic rings. The van der Waals surface area contributed by atoms with Crippen molar-refractivity contribution in [2.45, 2.75) is 77.7 Å². The van der Waals surface area contributed by atoms with Crippen LogP contribution in [0.25, 0.3) is 0 Å². The molecule has 0 bridgehead atoms. The molecule has 2 aliphatic heterocycles. The van der Waals surface area contributed by atoms with Crippen LogP contribution in [-0.2, 0) is 14.4 Å². The standard InChI is InChI=1S/C24H37N3O4/c1-3-6-21-19(7-4-14-25-21)11-9-18(2)10-12-20-8-5-16-27(20)23(29)17-22(28)26-15-13-24(30)31/h6,9,11,20,25H,3-5,7-8,10,12-17H2,1-2H3,(H,26,28)(H,30,31)/b18-9+,19-11-,21-6-. The van der Waals surface area contributed by atoms with Crippen LogP contribution in [0.3, 0.4) is 0 Å². The second-order valence-corrected chi connectivity index (χ2v) is 8.35. The molecule has 0 spiro atoms. The third-order valence-electron chi connectivity index (χ3n) is 5.80. The van der Waals surface area contributed by atoms with E-state index >= 15 is 0 Å². The Balaban J connectivity index is 1.83. The molecule has 1 atom stereocenters. The number of carboxylic acid groups (broad SMARTS) is 1. The van der Waals surface area contributed by atoms with Gasteiger partial charge in [0.25, 0.3) is 0 Å². The van der Waals surface area contributed by atoms with Crippen LogP contribution >= 0.6 is 0 Å². The summed E-state index contributed by atoms with van der Waals surface area (Å²) >= 11 is 0. The zero-order valence-electron chi connectivity index (χ0n) is 18.9. The highest BCUT2D eigenvalue weighted by Gasteiger charge is 2.29. The van der Waals surface area contributed by atoms with Crippen molar-refractivity contribution in [3.8, 4) is 0 Å². The maximum Gasteiger partial charge on any atom is 0.305 e. The van der Waals surface area contributed by atoms with E-state index in [9.17, 15) is 14.4 Å². The average Bonchev–Trinajstić information content (AvgIpc) is 3.20. The normalized spacial score (nSPS) is 21.9. The molecule has 2 heterocycles. The maximum atomic E-state index is 12.5. The first kappa shape index (κ1) is 24.7. The van der Waals surface area contributed by atoms with E-state index in [1.807, 2.05) is 4.90 Å². The summed E-state index contributed by atoms with van der Waals surface area (Å²) < 4.78 is 0. The number of amides is 2. The number of carbonyl (C=O) groups is 3. The predicted molar refractivity (Wildman–Crippen MR) is 121 cm³/mol. The molecule has 0 aromatic carbocycles. The number of rotatable bonds is 10. The van der Waals surface area contributed by atoms with Crippen molar-refractivity contribution >= 4 is 17.8 Å². The molecule has 172 valence electrons. The molecule has 3 N–H and O–H groups in total. The fourth-order valence-corrected chi connectivity index (χ4v) is 4.13. The molecule has 0 saturated carbocycles. The Morgan fingerprint density at radius 3 is 2.81 bits per heavy atom. The smallest absolute Gasteiger partial charge is 0.305 e. The highest BCUT2D eigenvalue weighted by Crippen LogP contribution is 2.24. The minimum absolute atomic E-state index is 0.0506. The van der Waals surface area contributed by atoms with E-state index in [0.717, 1.165) is 51.5 Å². The van der Waals surface area contributed by atoms with Crippen molar-refractivity contribution < 1.29 is 19.5 Å². The van der Waals surface area contributed by atoms with Crippen LogP contribution < -0.4 is 10.6 Å². The molecule has 2 aliphatic rings. The van der Waals surface area contributed by atoms with Gasteiger partial charge < -0.3 is 20.6 Å². The molecule has 2 amide bonds. The van der Waals surface area contributed by atoms with Crippen LogP contribution in [-0.4, -0.2) is 53.5 Å².